The first-order valence-electron chi connectivity index (χ1n) is 5.38. The van der Waals surface area contributed by atoms with Crippen LogP contribution in [0.4, 0.5) is 0 Å². The zero-order chi connectivity index (χ0) is 11.7. The maximum Gasteiger partial charge on any atom is 0.153 e. The zero-order valence-corrected chi connectivity index (χ0v) is 9.82. The molecular weight excluding hydrogens is 200 g/mol. The van der Waals surface area contributed by atoms with Crippen LogP contribution in [0.15, 0.2) is 28.8 Å². The van der Waals surface area contributed by atoms with Crippen molar-refractivity contribution in [2.75, 3.05) is 0 Å². The minimum Gasteiger partial charge on any atom is -0.359 e. The van der Waals surface area contributed by atoms with Gasteiger partial charge in [0.1, 0.15) is 5.69 Å². The number of benzene rings is 1. The van der Waals surface area contributed by atoms with Gasteiger partial charge < -0.3 is 10.3 Å². The van der Waals surface area contributed by atoms with Crippen LogP contribution in [0.1, 0.15) is 29.9 Å². The predicted octanol–water partition coefficient (Wildman–Crippen LogP) is 2.98. The van der Waals surface area contributed by atoms with E-state index in [1.165, 1.54) is 11.1 Å². The molecule has 0 aliphatic rings. The molecule has 0 aliphatic heterocycles. The molecule has 84 valence electrons. The highest BCUT2D eigenvalue weighted by Crippen LogP contribution is 2.23. The van der Waals surface area contributed by atoms with E-state index < -0.39 is 0 Å². The molecule has 1 unspecified atom stereocenters. The molecule has 0 amide bonds. The van der Waals surface area contributed by atoms with E-state index in [0.717, 1.165) is 11.3 Å². The largest absolute Gasteiger partial charge is 0.359 e. The van der Waals surface area contributed by atoms with Crippen molar-refractivity contribution in [3.05, 3.63) is 41.2 Å². The minimum atomic E-state index is -0.118. The summed E-state index contributed by atoms with van der Waals surface area (Å²) < 4.78 is 5.18. The Balaban J connectivity index is 2.39. The molecule has 1 heterocycles. The summed E-state index contributed by atoms with van der Waals surface area (Å²) in [5.74, 6) is 0.716. The SMILES string of the molecule is Cc1ccc(-c2cc(C(C)N)on2)cc1C. The van der Waals surface area contributed by atoms with Crippen LogP contribution in [0.25, 0.3) is 11.3 Å². The molecule has 2 aromatic rings. The van der Waals surface area contributed by atoms with Crippen molar-refractivity contribution < 1.29 is 4.52 Å². The van der Waals surface area contributed by atoms with Crippen molar-refractivity contribution in [2.45, 2.75) is 26.8 Å². The number of hydrogen-bond acceptors (Lipinski definition) is 3. The number of aromatic nitrogens is 1. The summed E-state index contributed by atoms with van der Waals surface area (Å²) in [5, 5.41) is 4.02. The normalized spacial score (nSPS) is 12.8. The van der Waals surface area contributed by atoms with E-state index in [1.54, 1.807) is 0 Å². The second kappa shape index (κ2) is 4.10. The van der Waals surface area contributed by atoms with Crippen LogP contribution >= 0.6 is 0 Å². The Morgan fingerprint density at radius 1 is 1.19 bits per heavy atom. The molecule has 0 radical (unpaired) electrons. The fourth-order valence-corrected chi connectivity index (χ4v) is 1.54. The van der Waals surface area contributed by atoms with Gasteiger partial charge in [-0.2, -0.15) is 0 Å². The Labute approximate surface area is 95.3 Å². The summed E-state index contributed by atoms with van der Waals surface area (Å²) in [4.78, 5) is 0. The number of nitrogens with two attached hydrogens (primary N) is 1. The van der Waals surface area contributed by atoms with Crippen LogP contribution in [0.3, 0.4) is 0 Å². The Morgan fingerprint density at radius 2 is 1.94 bits per heavy atom. The molecule has 0 fully saturated rings. The van der Waals surface area contributed by atoms with Crippen molar-refractivity contribution in [3.8, 4) is 11.3 Å². The maximum absolute atomic E-state index is 5.73. The van der Waals surface area contributed by atoms with Gasteiger partial charge in [0.2, 0.25) is 0 Å². The third kappa shape index (κ3) is 1.99. The molecule has 0 bridgehead atoms. The minimum absolute atomic E-state index is 0.118. The number of aryl methyl sites for hydroxylation is 2. The highest BCUT2D eigenvalue weighted by atomic mass is 16.5. The van der Waals surface area contributed by atoms with Crippen molar-refractivity contribution in [3.63, 3.8) is 0 Å². The van der Waals surface area contributed by atoms with Crippen LogP contribution < -0.4 is 5.73 Å². The average molecular weight is 216 g/mol. The molecule has 3 nitrogen and oxygen atoms in total. The molecule has 1 aromatic carbocycles. The second-order valence-corrected chi connectivity index (χ2v) is 4.20. The molecule has 0 saturated carbocycles. The van der Waals surface area contributed by atoms with Gasteiger partial charge in [0.25, 0.3) is 0 Å². The van der Waals surface area contributed by atoms with Crippen molar-refractivity contribution in [1.82, 2.24) is 5.16 Å². The monoisotopic (exact) mass is 216 g/mol. The van der Waals surface area contributed by atoms with E-state index in [1.807, 2.05) is 19.1 Å². The van der Waals surface area contributed by atoms with Gasteiger partial charge in [-0.15, -0.1) is 0 Å². The maximum atomic E-state index is 5.73. The molecule has 16 heavy (non-hydrogen) atoms. The number of hydrogen-bond donors (Lipinski definition) is 1. The van der Waals surface area contributed by atoms with Crippen molar-refractivity contribution in [1.29, 1.82) is 0 Å². The molecule has 3 heteroatoms. The third-order valence-electron chi connectivity index (χ3n) is 2.78. The van der Waals surface area contributed by atoms with Crippen LogP contribution in [0.2, 0.25) is 0 Å². The molecule has 2 N–H and O–H groups in total. The van der Waals surface area contributed by atoms with Gasteiger partial charge in [0, 0.05) is 11.6 Å². The summed E-state index contributed by atoms with van der Waals surface area (Å²) in [6, 6.07) is 8.02. The first kappa shape index (κ1) is 10.9. The number of rotatable bonds is 2. The highest BCUT2D eigenvalue weighted by Gasteiger charge is 2.09. The summed E-state index contributed by atoms with van der Waals surface area (Å²) in [5.41, 5.74) is 10.2. The molecular formula is C13H16N2O. The smallest absolute Gasteiger partial charge is 0.153 e. The predicted molar refractivity (Wildman–Crippen MR) is 64.0 cm³/mol. The Kier molecular flexibility index (Phi) is 2.79. The Bertz CT molecular complexity index is 500. The zero-order valence-electron chi connectivity index (χ0n) is 9.82. The van der Waals surface area contributed by atoms with E-state index >= 15 is 0 Å². The summed E-state index contributed by atoms with van der Waals surface area (Å²) in [6.07, 6.45) is 0. The fraction of sp³-hybridized carbons (Fsp3) is 0.308. The summed E-state index contributed by atoms with van der Waals surface area (Å²) >= 11 is 0. The molecule has 1 aromatic heterocycles. The molecule has 0 saturated heterocycles. The van der Waals surface area contributed by atoms with Crippen molar-refractivity contribution >= 4 is 0 Å². The van der Waals surface area contributed by atoms with Crippen LogP contribution in [-0.4, -0.2) is 5.16 Å². The van der Waals surface area contributed by atoms with E-state index in [-0.39, 0.29) is 6.04 Å². The van der Waals surface area contributed by atoms with E-state index in [2.05, 4.69) is 31.1 Å². The van der Waals surface area contributed by atoms with Gasteiger partial charge in [-0.1, -0.05) is 17.3 Å². The van der Waals surface area contributed by atoms with Crippen LogP contribution in [0, 0.1) is 13.8 Å². The topological polar surface area (TPSA) is 52.0 Å². The van der Waals surface area contributed by atoms with Gasteiger partial charge >= 0.3 is 0 Å². The fourth-order valence-electron chi connectivity index (χ4n) is 1.54. The average Bonchev–Trinajstić information content (AvgIpc) is 2.71. The van der Waals surface area contributed by atoms with Gasteiger partial charge in [-0.3, -0.25) is 0 Å². The van der Waals surface area contributed by atoms with Crippen LogP contribution in [0.5, 0.6) is 0 Å². The summed E-state index contributed by atoms with van der Waals surface area (Å²) in [6.45, 7) is 6.06. The van der Waals surface area contributed by atoms with Gasteiger partial charge in [0.05, 0.1) is 6.04 Å². The first-order chi connectivity index (χ1) is 7.58. The molecule has 2 rings (SSSR count). The van der Waals surface area contributed by atoms with Crippen molar-refractivity contribution in [2.24, 2.45) is 5.73 Å². The first-order valence-corrected chi connectivity index (χ1v) is 5.38. The molecule has 0 spiro atoms. The van der Waals surface area contributed by atoms with Crippen LogP contribution in [-0.2, 0) is 0 Å². The van der Waals surface area contributed by atoms with E-state index in [4.69, 9.17) is 10.3 Å². The lowest BCUT2D eigenvalue weighted by Crippen LogP contribution is -2.02. The molecule has 1 atom stereocenters. The second-order valence-electron chi connectivity index (χ2n) is 4.20. The summed E-state index contributed by atoms with van der Waals surface area (Å²) in [7, 11) is 0. The lowest BCUT2D eigenvalue weighted by atomic mass is 10.0. The Hall–Kier alpha value is -1.61. The Morgan fingerprint density at radius 3 is 2.50 bits per heavy atom. The van der Waals surface area contributed by atoms with E-state index in [0.29, 0.717) is 5.76 Å². The highest BCUT2D eigenvalue weighted by molar-refractivity contribution is 5.60. The molecule has 0 aliphatic carbocycles. The van der Waals surface area contributed by atoms with Gasteiger partial charge in [0.15, 0.2) is 5.76 Å². The quantitative estimate of drug-likeness (QED) is 0.839. The van der Waals surface area contributed by atoms with Gasteiger partial charge in [-0.25, -0.2) is 0 Å². The lowest BCUT2D eigenvalue weighted by Gasteiger charge is -2.01. The lowest BCUT2D eigenvalue weighted by molar-refractivity contribution is 0.369. The van der Waals surface area contributed by atoms with E-state index in [9.17, 15) is 0 Å². The number of nitrogens with zero attached hydrogens (tertiary/aromatic N) is 1. The van der Waals surface area contributed by atoms with Gasteiger partial charge in [-0.05, 0) is 38.0 Å². The standard InChI is InChI=1S/C13H16N2O/c1-8-4-5-11(6-9(8)2)12-7-13(10(3)14)16-15-12/h4-7,10H,14H2,1-3H3. The third-order valence-corrected chi connectivity index (χ3v) is 2.78.